The van der Waals surface area contributed by atoms with Gasteiger partial charge in [0.15, 0.2) is 0 Å². The highest BCUT2D eigenvalue weighted by Crippen LogP contribution is 2.09. The third kappa shape index (κ3) is 5.13. The Morgan fingerprint density at radius 2 is 2.18 bits per heavy atom. The van der Waals surface area contributed by atoms with Gasteiger partial charge in [-0.3, -0.25) is 5.41 Å². The topological polar surface area (TPSA) is 33.1 Å². The third-order valence-electron chi connectivity index (χ3n) is 1.53. The molecule has 0 saturated carbocycles. The van der Waals surface area contributed by atoms with E-state index in [2.05, 4.69) is 13.8 Å². The quantitative estimate of drug-likeness (QED) is 0.526. The van der Waals surface area contributed by atoms with Gasteiger partial charge in [-0.25, -0.2) is 0 Å². The van der Waals surface area contributed by atoms with E-state index in [1.54, 1.807) is 0 Å². The normalized spacial score (nSPS) is 12.6. The van der Waals surface area contributed by atoms with Crippen LogP contribution in [0.4, 0.5) is 0 Å². The lowest BCUT2D eigenvalue weighted by atomic mass is 10.2. The molecule has 1 atom stereocenters. The molecule has 2 nitrogen and oxygen atoms in total. The van der Waals surface area contributed by atoms with Gasteiger partial charge in [-0.1, -0.05) is 32.0 Å². The Hall–Kier alpha value is -0.180. The Morgan fingerprint density at radius 1 is 1.55 bits per heavy atom. The maximum Gasteiger partial charge on any atom is 0.242 e. The molecule has 1 unspecified atom stereocenters. The summed E-state index contributed by atoms with van der Waals surface area (Å²) < 4.78 is 5.34. The summed E-state index contributed by atoms with van der Waals surface area (Å²) in [6, 6.07) is 0. The van der Waals surface area contributed by atoms with Crippen molar-refractivity contribution < 1.29 is 4.74 Å². The van der Waals surface area contributed by atoms with Gasteiger partial charge in [-0.15, -0.1) is 0 Å². The second-order valence-electron chi connectivity index (χ2n) is 2.43. The maximum atomic E-state index is 7.29. The zero-order valence-electron chi connectivity index (χ0n) is 7.52. The summed E-state index contributed by atoms with van der Waals surface area (Å²) in [7, 11) is 0. The van der Waals surface area contributed by atoms with Gasteiger partial charge in [-0.05, 0) is 19.1 Å². The van der Waals surface area contributed by atoms with Crippen LogP contribution in [-0.4, -0.2) is 17.6 Å². The van der Waals surface area contributed by atoms with Crippen molar-refractivity contribution in [1.82, 2.24) is 0 Å². The van der Waals surface area contributed by atoms with E-state index in [0.717, 1.165) is 19.3 Å². The molecule has 3 heteroatoms. The van der Waals surface area contributed by atoms with Gasteiger partial charge in [0.2, 0.25) is 5.23 Å². The van der Waals surface area contributed by atoms with E-state index in [0.29, 0.717) is 5.23 Å². The molecule has 11 heavy (non-hydrogen) atoms. The molecule has 0 fully saturated rings. The molecule has 0 aromatic carbocycles. The lowest BCUT2D eigenvalue weighted by Gasteiger charge is -2.15. The smallest absolute Gasteiger partial charge is 0.242 e. The molecule has 0 aliphatic heterocycles. The molecule has 0 rings (SSSR count). The van der Waals surface area contributed by atoms with E-state index in [9.17, 15) is 0 Å². The number of nitrogens with one attached hydrogen (secondary N) is 1. The fraction of sp³-hybridized carbons (Fsp3) is 0.875. The van der Waals surface area contributed by atoms with Gasteiger partial charge in [0.25, 0.3) is 0 Å². The summed E-state index contributed by atoms with van der Waals surface area (Å²) >= 11 is 1.36. The number of hydrogen-bond donors (Lipinski definition) is 1. The van der Waals surface area contributed by atoms with Gasteiger partial charge >= 0.3 is 0 Å². The Kier molecular flexibility index (Phi) is 6.42. The Balaban J connectivity index is 3.58. The van der Waals surface area contributed by atoms with Crippen LogP contribution in [-0.2, 0) is 4.74 Å². The second-order valence-corrected chi connectivity index (χ2v) is 3.21. The van der Waals surface area contributed by atoms with Crippen LogP contribution in [0.5, 0.6) is 0 Å². The lowest BCUT2D eigenvalue weighted by molar-refractivity contribution is 0.178. The Bertz CT molecular complexity index is 117. The van der Waals surface area contributed by atoms with Crippen LogP contribution in [0, 0.1) is 5.41 Å². The van der Waals surface area contributed by atoms with Crippen molar-refractivity contribution >= 4 is 17.0 Å². The molecule has 0 spiro atoms. The first kappa shape index (κ1) is 10.8. The predicted molar refractivity (Wildman–Crippen MR) is 51.3 cm³/mol. The molecule has 0 aliphatic rings. The molecule has 0 amide bonds. The van der Waals surface area contributed by atoms with Gasteiger partial charge in [0.1, 0.15) is 6.10 Å². The number of rotatable bonds is 4. The average Bonchev–Trinajstić information content (AvgIpc) is 2.03. The highest BCUT2D eigenvalue weighted by atomic mass is 32.2. The zero-order valence-corrected chi connectivity index (χ0v) is 8.33. The molecule has 0 aromatic heterocycles. The standard InChI is InChI=1S/C8H17NOS/c1-4-6-7(5-2)10-8(9)11-3/h7,9H,4-6H2,1-3H3. The SMILES string of the molecule is CCCC(CC)OC(=N)SC. The molecule has 66 valence electrons. The van der Waals surface area contributed by atoms with Crippen molar-refractivity contribution in [3.8, 4) is 0 Å². The average molecular weight is 175 g/mol. The van der Waals surface area contributed by atoms with Crippen LogP contribution in [0.2, 0.25) is 0 Å². The lowest BCUT2D eigenvalue weighted by Crippen LogP contribution is -2.14. The summed E-state index contributed by atoms with van der Waals surface area (Å²) in [6.45, 7) is 4.22. The van der Waals surface area contributed by atoms with Crippen LogP contribution in [0.25, 0.3) is 0 Å². The van der Waals surface area contributed by atoms with Crippen molar-refractivity contribution in [3.05, 3.63) is 0 Å². The van der Waals surface area contributed by atoms with E-state index in [1.807, 2.05) is 6.26 Å². The van der Waals surface area contributed by atoms with Gasteiger partial charge < -0.3 is 4.74 Å². The van der Waals surface area contributed by atoms with Gasteiger partial charge in [0.05, 0.1) is 0 Å². The minimum Gasteiger partial charge on any atom is -0.470 e. The molecule has 0 heterocycles. The third-order valence-corrected chi connectivity index (χ3v) is 1.99. The highest BCUT2D eigenvalue weighted by molar-refractivity contribution is 8.12. The first-order valence-corrected chi connectivity index (χ1v) is 5.26. The molecule has 0 aromatic rings. The van der Waals surface area contributed by atoms with E-state index < -0.39 is 0 Å². The first-order chi connectivity index (χ1) is 5.24. The van der Waals surface area contributed by atoms with Gasteiger partial charge in [-0.2, -0.15) is 0 Å². The minimum absolute atomic E-state index is 0.250. The van der Waals surface area contributed by atoms with Crippen molar-refractivity contribution in [2.75, 3.05) is 6.26 Å². The van der Waals surface area contributed by atoms with Crippen LogP contribution >= 0.6 is 11.8 Å². The summed E-state index contributed by atoms with van der Waals surface area (Å²) in [5, 5.41) is 7.63. The summed E-state index contributed by atoms with van der Waals surface area (Å²) in [4.78, 5) is 0. The van der Waals surface area contributed by atoms with Crippen molar-refractivity contribution in [3.63, 3.8) is 0 Å². The molecule has 0 saturated heterocycles. The summed E-state index contributed by atoms with van der Waals surface area (Å²) in [6.07, 6.45) is 5.29. The Morgan fingerprint density at radius 3 is 2.55 bits per heavy atom. The van der Waals surface area contributed by atoms with Crippen LogP contribution in [0.15, 0.2) is 0 Å². The number of hydrogen-bond acceptors (Lipinski definition) is 3. The minimum atomic E-state index is 0.250. The monoisotopic (exact) mass is 175 g/mol. The Labute approximate surface area is 73.2 Å². The van der Waals surface area contributed by atoms with Crippen molar-refractivity contribution in [2.45, 2.75) is 39.2 Å². The molecular formula is C8H17NOS. The first-order valence-electron chi connectivity index (χ1n) is 4.03. The molecule has 0 radical (unpaired) electrons. The van der Waals surface area contributed by atoms with E-state index in [-0.39, 0.29) is 6.10 Å². The number of thioether (sulfide) groups is 1. The predicted octanol–water partition coefficient (Wildman–Crippen LogP) is 2.88. The highest BCUT2D eigenvalue weighted by Gasteiger charge is 2.07. The molecule has 0 aliphatic carbocycles. The summed E-state index contributed by atoms with van der Waals surface area (Å²) in [5.74, 6) is 0. The largest absolute Gasteiger partial charge is 0.470 e. The molecule has 0 bridgehead atoms. The second kappa shape index (κ2) is 6.53. The van der Waals surface area contributed by atoms with E-state index in [4.69, 9.17) is 10.1 Å². The molecular weight excluding hydrogens is 158 g/mol. The molecule has 1 N–H and O–H groups in total. The van der Waals surface area contributed by atoms with Crippen molar-refractivity contribution in [2.24, 2.45) is 0 Å². The van der Waals surface area contributed by atoms with Crippen LogP contribution in [0.3, 0.4) is 0 Å². The van der Waals surface area contributed by atoms with Gasteiger partial charge in [0, 0.05) is 0 Å². The summed E-state index contributed by atoms with van der Waals surface area (Å²) in [5.41, 5.74) is 0. The van der Waals surface area contributed by atoms with Crippen LogP contribution in [0.1, 0.15) is 33.1 Å². The fourth-order valence-corrected chi connectivity index (χ4v) is 1.10. The van der Waals surface area contributed by atoms with Crippen LogP contribution < -0.4 is 0 Å². The number of ether oxygens (including phenoxy) is 1. The maximum absolute atomic E-state index is 7.29. The van der Waals surface area contributed by atoms with Crippen molar-refractivity contribution in [1.29, 1.82) is 5.41 Å². The van der Waals surface area contributed by atoms with E-state index in [1.165, 1.54) is 11.8 Å². The fourth-order valence-electron chi connectivity index (χ4n) is 0.868. The zero-order chi connectivity index (χ0) is 8.69. The van der Waals surface area contributed by atoms with E-state index >= 15 is 0 Å².